The molecule has 1 fully saturated rings. The smallest absolute Gasteiger partial charge is 0.153 e. The largest absolute Gasteiger partial charge is 0.298 e. The highest BCUT2D eigenvalue weighted by Crippen LogP contribution is 2.30. The quantitative estimate of drug-likeness (QED) is 0.736. The van der Waals surface area contributed by atoms with Crippen LogP contribution in [0.5, 0.6) is 0 Å². The monoisotopic (exact) mass is 235 g/mol. The van der Waals surface area contributed by atoms with E-state index in [1.807, 2.05) is 18.5 Å². The summed E-state index contributed by atoms with van der Waals surface area (Å²) in [5.41, 5.74) is 2.81. The maximum atomic E-state index is 11.0. The first kappa shape index (κ1) is 12.3. The molecule has 1 aliphatic heterocycles. The first-order chi connectivity index (χ1) is 7.84. The second kappa shape index (κ2) is 3.95. The van der Waals surface area contributed by atoms with E-state index in [1.165, 1.54) is 0 Å². The van der Waals surface area contributed by atoms with E-state index in [1.54, 1.807) is 0 Å². The van der Waals surface area contributed by atoms with Gasteiger partial charge in [-0.15, -0.1) is 0 Å². The van der Waals surface area contributed by atoms with Crippen LogP contribution >= 0.6 is 0 Å². The van der Waals surface area contributed by atoms with Crippen molar-refractivity contribution in [3.63, 3.8) is 0 Å². The summed E-state index contributed by atoms with van der Waals surface area (Å²) in [6, 6.07) is 0.418. The maximum Gasteiger partial charge on any atom is 0.153 e. The maximum absolute atomic E-state index is 11.0. The highest BCUT2D eigenvalue weighted by Gasteiger charge is 2.36. The number of nitrogens with zero attached hydrogens (tertiary/aromatic N) is 3. The summed E-state index contributed by atoms with van der Waals surface area (Å²) in [7, 11) is 0. The lowest BCUT2D eigenvalue weighted by molar-refractivity contribution is 0.0145. The van der Waals surface area contributed by atoms with E-state index in [2.05, 4.69) is 30.8 Å². The number of aldehydes is 1. The van der Waals surface area contributed by atoms with E-state index in [0.29, 0.717) is 6.04 Å². The Kier molecular flexibility index (Phi) is 2.86. The van der Waals surface area contributed by atoms with E-state index in [0.717, 1.165) is 36.3 Å². The average Bonchev–Trinajstić information content (AvgIpc) is 2.37. The van der Waals surface area contributed by atoms with Gasteiger partial charge in [0.15, 0.2) is 6.29 Å². The molecule has 0 aliphatic carbocycles. The SMILES string of the molecule is Cc1nn(C2CN(C(C)(C)C)C2)c(C)c1C=O. The molecule has 94 valence electrons. The Morgan fingerprint density at radius 3 is 2.29 bits per heavy atom. The molecule has 0 aromatic carbocycles. The Bertz CT molecular complexity index is 436. The number of carbonyl (C=O) groups excluding carboxylic acids is 1. The zero-order chi connectivity index (χ0) is 12.8. The van der Waals surface area contributed by atoms with E-state index in [-0.39, 0.29) is 5.54 Å². The molecule has 0 amide bonds. The molecule has 1 saturated heterocycles. The minimum Gasteiger partial charge on any atom is -0.298 e. The zero-order valence-electron chi connectivity index (χ0n) is 11.3. The molecule has 0 unspecified atom stereocenters. The molecule has 2 rings (SSSR count). The second-order valence-corrected chi connectivity index (χ2v) is 5.88. The van der Waals surface area contributed by atoms with Crippen LogP contribution in [0.25, 0.3) is 0 Å². The van der Waals surface area contributed by atoms with Crippen molar-refractivity contribution < 1.29 is 4.79 Å². The van der Waals surface area contributed by atoms with Crippen LogP contribution in [0.3, 0.4) is 0 Å². The predicted molar refractivity (Wildman–Crippen MR) is 67.5 cm³/mol. The van der Waals surface area contributed by atoms with E-state index < -0.39 is 0 Å². The van der Waals surface area contributed by atoms with Crippen LogP contribution in [0.1, 0.15) is 48.6 Å². The van der Waals surface area contributed by atoms with Crippen molar-refractivity contribution in [2.75, 3.05) is 13.1 Å². The van der Waals surface area contributed by atoms with Crippen molar-refractivity contribution in [1.29, 1.82) is 0 Å². The van der Waals surface area contributed by atoms with E-state index in [9.17, 15) is 4.79 Å². The Morgan fingerprint density at radius 1 is 1.29 bits per heavy atom. The van der Waals surface area contributed by atoms with Gasteiger partial charge >= 0.3 is 0 Å². The standard InChI is InChI=1S/C13H21N3O/c1-9-12(8-17)10(2)16(14-9)11-6-15(7-11)13(3,4)5/h8,11H,6-7H2,1-5H3. The summed E-state index contributed by atoms with van der Waals surface area (Å²) in [4.78, 5) is 13.4. The van der Waals surface area contributed by atoms with Crippen molar-refractivity contribution in [2.24, 2.45) is 0 Å². The normalized spacial score (nSPS) is 18.2. The van der Waals surface area contributed by atoms with E-state index >= 15 is 0 Å². The van der Waals surface area contributed by atoms with E-state index in [4.69, 9.17) is 0 Å². The molecule has 4 heteroatoms. The van der Waals surface area contributed by atoms with Crippen molar-refractivity contribution in [1.82, 2.24) is 14.7 Å². The highest BCUT2D eigenvalue weighted by atomic mass is 16.1. The molecule has 2 heterocycles. The second-order valence-electron chi connectivity index (χ2n) is 5.88. The number of aryl methyl sites for hydroxylation is 1. The Balaban J connectivity index is 2.15. The predicted octanol–water partition coefficient (Wildman–Crippen LogP) is 1.97. The van der Waals surface area contributed by atoms with Gasteiger partial charge in [0, 0.05) is 24.3 Å². The van der Waals surface area contributed by atoms with Gasteiger partial charge in [-0.1, -0.05) is 0 Å². The van der Waals surface area contributed by atoms with Gasteiger partial charge in [0.25, 0.3) is 0 Å². The molecule has 4 nitrogen and oxygen atoms in total. The lowest BCUT2D eigenvalue weighted by atomic mass is 9.97. The molecule has 1 aliphatic rings. The summed E-state index contributed by atoms with van der Waals surface area (Å²) < 4.78 is 2.02. The third-order valence-corrected chi connectivity index (χ3v) is 3.66. The van der Waals surface area contributed by atoms with Crippen LogP contribution in [0.2, 0.25) is 0 Å². The van der Waals surface area contributed by atoms with Crippen LogP contribution in [0.15, 0.2) is 0 Å². The molecule has 0 saturated carbocycles. The third-order valence-electron chi connectivity index (χ3n) is 3.66. The summed E-state index contributed by atoms with van der Waals surface area (Å²) in [6.45, 7) is 12.6. The highest BCUT2D eigenvalue weighted by molar-refractivity contribution is 5.78. The van der Waals surface area contributed by atoms with Crippen LogP contribution in [-0.2, 0) is 0 Å². The van der Waals surface area contributed by atoms with Crippen LogP contribution in [0, 0.1) is 13.8 Å². The molecular formula is C13H21N3O. The number of rotatable bonds is 2. The molecule has 0 atom stereocenters. The topological polar surface area (TPSA) is 38.1 Å². The molecule has 0 bridgehead atoms. The molecular weight excluding hydrogens is 214 g/mol. The van der Waals surface area contributed by atoms with Gasteiger partial charge < -0.3 is 0 Å². The van der Waals surface area contributed by atoms with Crippen LogP contribution < -0.4 is 0 Å². The molecule has 1 aromatic heterocycles. The number of likely N-dealkylation sites (tertiary alicyclic amines) is 1. The van der Waals surface area contributed by atoms with Crippen molar-refractivity contribution in [2.45, 2.75) is 46.2 Å². The zero-order valence-corrected chi connectivity index (χ0v) is 11.3. The molecule has 0 N–H and O–H groups in total. The van der Waals surface area contributed by atoms with Gasteiger partial charge in [-0.25, -0.2) is 0 Å². The lowest BCUT2D eigenvalue weighted by Crippen LogP contribution is -2.56. The number of aromatic nitrogens is 2. The first-order valence-corrected chi connectivity index (χ1v) is 6.10. The van der Waals surface area contributed by atoms with Gasteiger partial charge in [0.2, 0.25) is 0 Å². The van der Waals surface area contributed by atoms with Crippen molar-refractivity contribution in [3.8, 4) is 0 Å². The van der Waals surface area contributed by atoms with Gasteiger partial charge in [0.05, 0.1) is 17.3 Å². The van der Waals surface area contributed by atoms with Gasteiger partial charge in [-0.3, -0.25) is 14.4 Å². The Labute approximate surface area is 103 Å². The molecule has 0 spiro atoms. The summed E-state index contributed by atoms with van der Waals surface area (Å²) in [6.07, 6.45) is 0.911. The number of hydrogen-bond acceptors (Lipinski definition) is 3. The first-order valence-electron chi connectivity index (χ1n) is 6.10. The van der Waals surface area contributed by atoms with Crippen LogP contribution in [0.4, 0.5) is 0 Å². The molecule has 17 heavy (non-hydrogen) atoms. The number of carbonyl (C=O) groups is 1. The fourth-order valence-corrected chi connectivity index (χ4v) is 2.36. The summed E-state index contributed by atoms with van der Waals surface area (Å²) in [5, 5.41) is 4.48. The average molecular weight is 235 g/mol. The Morgan fingerprint density at radius 2 is 1.88 bits per heavy atom. The van der Waals surface area contributed by atoms with Crippen molar-refractivity contribution >= 4 is 6.29 Å². The van der Waals surface area contributed by atoms with Gasteiger partial charge in [0.1, 0.15) is 0 Å². The number of hydrogen-bond donors (Lipinski definition) is 0. The summed E-state index contributed by atoms with van der Waals surface area (Å²) >= 11 is 0. The van der Waals surface area contributed by atoms with Crippen LogP contribution in [-0.4, -0.2) is 39.6 Å². The minimum atomic E-state index is 0.222. The minimum absolute atomic E-state index is 0.222. The lowest BCUT2D eigenvalue weighted by Gasteiger charge is -2.47. The van der Waals surface area contributed by atoms with Gasteiger partial charge in [-0.05, 0) is 34.6 Å². The fraction of sp³-hybridized carbons (Fsp3) is 0.692. The summed E-state index contributed by atoms with van der Waals surface area (Å²) in [5.74, 6) is 0. The Hall–Kier alpha value is -1.16. The van der Waals surface area contributed by atoms with Crippen molar-refractivity contribution in [3.05, 3.63) is 17.0 Å². The third kappa shape index (κ3) is 2.02. The molecule has 1 aromatic rings. The molecule has 0 radical (unpaired) electrons. The van der Waals surface area contributed by atoms with Gasteiger partial charge in [-0.2, -0.15) is 5.10 Å². The fourth-order valence-electron chi connectivity index (χ4n) is 2.36.